The summed E-state index contributed by atoms with van der Waals surface area (Å²) in [6.45, 7) is 0. The fourth-order valence-electron chi connectivity index (χ4n) is 0.0736. The van der Waals surface area contributed by atoms with Gasteiger partial charge in [0.25, 0.3) is 0 Å². The molecule has 9 heteroatoms. The first-order valence-corrected chi connectivity index (χ1v) is 1.38. The van der Waals surface area contributed by atoms with E-state index < -0.39 is 0 Å². The van der Waals surface area contributed by atoms with Crippen LogP contribution in [-0.4, -0.2) is 15.8 Å². The van der Waals surface area contributed by atoms with Gasteiger partial charge in [-0.05, 0) is 10.3 Å². The van der Waals surface area contributed by atoms with E-state index in [4.69, 9.17) is 15.8 Å². The minimum absolute atomic E-state index is 0.125. The molecule has 0 saturated heterocycles. The summed E-state index contributed by atoms with van der Waals surface area (Å²) in [6.07, 6.45) is 0. The Labute approximate surface area is 47.2 Å². The molecule has 9 heavy (non-hydrogen) atoms. The largest absolute Gasteiger partial charge is 0.219 e. The Hall–Kier alpha value is -0.360. The summed E-state index contributed by atoms with van der Waals surface area (Å²) in [4.78, 5) is 0.125. The Balaban J connectivity index is 2.95. The Bertz CT molecular complexity index is 48.0. The zero-order valence-corrected chi connectivity index (χ0v) is 3.79. The molecule has 0 aliphatic rings. The van der Waals surface area contributed by atoms with Crippen molar-refractivity contribution in [1.82, 2.24) is 0 Å². The van der Waals surface area contributed by atoms with Crippen molar-refractivity contribution < 1.29 is 45.8 Å². The Morgan fingerprint density at radius 2 is 1.67 bits per heavy atom. The van der Waals surface area contributed by atoms with Crippen LogP contribution < -0.4 is 0 Å². The van der Waals surface area contributed by atoms with E-state index in [0.29, 0.717) is 0 Å². The monoisotopic (exact) mass is 147 g/mol. The molecule has 0 unspecified atom stereocenters. The lowest BCUT2D eigenvalue weighted by Crippen LogP contribution is -2.11. The first-order valence-electron chi connectivity index (χ1n) is 1.38. The van der Waals surface area contributed by atoms with E-state index in [-0.39, 0.29) is 4.82 Å². The molecule has 0 aromatic carbocycles. The van der Waals surface area contributed by atoms with Crippen molar-refractivity contribution in [3.8, 4) is 0 Å². The molecule has 0 saturated carbocycles. The van der Waals surface area contributed by atoms with Gasteiger partial charge in [0.05, 0.1) is 0 Å². The molecule has 0 amide bonds. The molecular weight excluding hydrogens is 144 g/mol. The van der Waals surface area contributed by atoms with E-state index >= 15 is 0 Å². The van der Waals surface area contributed by atoms with E-state index in [2.05, 4.69) is 25.2 Å². The molecule has 0 radical (unpaired) electrons. The minimum atomic E-state index is 0.125. The van der Waals surface area contributed by atoms with Gasteiger partial charge in [0.1, 0.15) is 0 Å². The van der Waals surface area contributed by atoms with Crippen LogP contribution in [0.25, 0.3) is 0 Å². The number of hydrogen-bond donors (Lipinski definition) is 3. The van der Waals surface area contributed by atoms with Crippen molar-refractivity contribution in [2.24, 2.45) is 0 Å². The molecule has 0 aliphatic carbocycles. The molecule has 3 N–H and O–H groups in total. The predicted octanol–water partition coefficient (Wildman–Crippen LogP) is -0.384. The molecule has 0 spiro atoms. The summed E-state index contributed by atoms with van der Waals surface area (Å²) in [7, 11) is 0. The lowest BCUT2D eigenvalue weighted by Gasteiger charge is -1.90. The van der Waals surface area contributed by atoms with E-state index in [1.807, 2.05) is 0 Å². The van der Waals surface area contributed by atoms with Gasteiger partial charge in [-0.3, -0.25) is 0 Å². The number of rotatable bonds is 5. The van der Waals surface area contributed by atoms with Gasteiger partial charge in [-0.1, -0.05) is 0 Å². The average Bonchev–Trinajstić information content (AvgIpc) is 1.85. The maximum absolute atomic E-state index is 7.88. The first kappa shape index (κ1) is 8.64. The highest BCUT2D eigenvalue weighted by molar-refractivity contribution is 3.08. The summed E-state index contributed by atoms with van der Waals surface area (Å²) in [5.74, 6) is 0. The van der Waals surface area contributed by atoms with Crippen molar-refractivity contribution in [3.05, 3.63) is 0 Å². The zero-order chi connectivity index (χ0) is 7.11. The lowest BCUT2D eigenvalue weighted by molar-refractivity contribution is -0.960. The topological polar surface area (TPSA) is 110 Å². The van der Waals surface area contributed by atoms with Crippen LogP contribution in [0, 0.1) is 0 Å². The van der Waals surface area contributed by atoms with Crippen LogP contribution in [0.15, 0.2) is 0 Å². The molecule has 0 bridgehead atoms. The summed E-state index contributed by atoms with van der Waals surface area (Å²) in [5.41, 5.74) is 0. The molecule has 0 rings (SSSR count). The smallest absolute Gasteiger partial charge is 0.201 e. The molecule has 0 aliphatic heterocycles. The van der Waals surface area contributed by atoms with Crippen LogP contribution in [0.5, 0.6) is 0 Å². The van der Waals surface area contributed by atoms with Gasteiger partial charge in [0.15, 0.2) is 5.04 Å². The Kier molecular flexibility index (Phi) is 5.54. The first-order chi connectivity index (χ1) is 4.31. The normalized spacial score (nSPS) is 10.7. The summed E-state index contributed by atoms with van der Waals surface area (Å²) in [6, 6.07) is 0. The van der Waals surface area contributed by atoms with E-state index in [1.165, 1.54) is 0 Å². The fourth-order valence-corrected chi connectivity index (χ4v) is 0.0736. The predicted molar refractivity (Wildman–Crippen MR) is 14.4 cm³/mol. The van der Waals surface area contributed by atoms with Crippen LogP contribution in [0.3, 0.4) is 0 Å². The third-order valence-electron chi connectivity index (χ3n) is 0.205. The second kappa shape index (κ2) is 5.77. The second-order valence-corrected chi connectivity index (χ2v) is 0.570. The fraction of sp³-hybridized carbons (Fsp3) is 0. The van der Waals surface area contributed by atoms with Gasteiger partial charge in [-0.15, -0.1) is 0 Å². The standard InChI is InChI=1S/H2O9/c1-4-6-8-9(3)7-5-2/h3H,(H-,1,2)/p+1. The van der Waals surface area contributed by atoms with Crippen molar-refractivity contribution in [3.63, 3.8) is 0 Å². The molecular formula is H3O9+. The van der Waals surface area contributed by atoms with E-state index in [1.54, 1.807) is 0 Å². The highest BCUT2D eigenvalue weighted by Gasteiger charge is 2.16. The highest BCUT2D eigenvalue weighted by Crippen LogP contribution is 1.93. The molecule has 0 aromatic rings. The van der Waals surface area contributed by atoms with Crippen molar-refractivity contribution in [2.75, 3.05) is 0 Å². The molecule has 0 fully saturated rings. The quantitative estimate of drug-likeness (QED) is 0.274. The molecule has 0 atom stereocenters. The summed E-state index contributed by atoms with van der Waals surface area (Å²) < 4.78 is 0. The molecule has 9 nitrogen and oxygen atoms in total. The molecule has 0 heterocycles. The highest BCUT2D eigenvalue weighted by atomic mass is 18.0. The second-order valence-electron chi connectivity index (χ2n) is 0.570. The van der Waals surface area contributed by atoms with Gasteiger partial charge in [0.2, 0.25) is 9.86 Å². The minimum Gasteiger partial charge on any atom is -0.219 e. The summed E-state index contributed by atoms with van der Waals surface area (Å²) >= 11 is 0. The van der Waals surface area contributed by atoms with Crippen LogP contribution in [0.1, 0.15) is 0 Å². The summed E-state index contributed by atoms with van der Waals surface area (Å²) in [5, 5.41) is 37.7. The van der Waals surface area contributed by atoms with Gasteiger partial charge in [0, 0.05) is 10.1 Å². The molecule has 56 valence electrons. The zero-order valence-electron chi connectivity index (χ0n) is 3.79. The molecule has 0 aromatic heterocycles. The Morgan fingerprint density at radius 3 is 2.11 bits per heavy atom. The van der Waals surface area contributed by atoms with Crippen LogP contribution in [0.2, 0.25) is 0 Å². The van der Waals surface area contributed by atoms with Crippen LogP contribution >= 0.6 is 0 Å². The third kappa shape index (κ3) is 5.51. The van der Waals surface area contributed by atoms with Gasteiger partial charge >= 0.3 is 0 Å². The van der Waals surface area contributed by atoms with Crippen LogP contribution in [-0.2, 0) is 30.0 Å². The Morgan fingerprint density at radius 1 is 1.00 bits per heavy atom. The maximum atomic E-state index is 7.88. The average molecular weight is 147 g/mol. The SMILES string of the molecule is OOOO[O+](O)OOO. The van der Waals surface area contributed by atoms with Gasteiger partial charge < -0.3 is 0 Å². The van der Waals surface area contributed by atoms with E-state index in [0.717, 1.165) is 0 Å². The van der Waals surface area contributed by atoms with Gasteiger partial charge in [-0.2, -0.15) is 0 Å². The number of hydrogen-bond acceptors (Lipinski definition) is 8. The van der Waals surface area contributed by atoms with Crippen molar-refractivity contribution in [2.45, 2.75) is 0 Å². The van der Waals surface area contributed by atoms with Crippen molar-refractivity contribution in [1.29, 1.82) is 0 Å². The van der Waals surface area contributed by atoms with Crippen LogP contribution in [0.4, 0.5) is 0 Å². The van der Waals surface area contributed by atoms with Crippen molar-refractivity contribution >= 4 is 0 Å². The third-order valence-corrected chi connectivity index (χ3v) is 0.205. The van der Waals surface area contributed by atoms with Gasteiger partial charge in [-0.25, -0.2) is 10.5 Å². The maximum Gasteiger partial charge on any atom is 0.201 e. The lowest BCUT2D eigenvalue weighted by atomic mass is 14.0. The van der Waals surface area contributed by atoms with E-state index in [9.17, 15) is 0 Å².